The number of benzene rings is 2. The second-order valence-corrected chi connectivity index (χ2v) is 5.13. The first-order valence-corrected chi connectivity index (χ1v) is 7.02. The largest absolute Gasteiger partial charge is 0.304 e. The molecule has 1 N–H and O–H groups in total. The highest BCUT2D eigenvalue weighted by molar-refractivity contribution is 6.00. The fourth-order valence-electron chi connectivity index (χ4n) is 2.21. The average Bonchev–Trinajstić information content (AvgIpc) is 2.46. The van der Waals surface area contributed by atoms with Crippen LogP contribution in [0.4, 0.5) is 0 Å². The summed E-state index contributed by atoms with van der Waals surface area (Å²) in [6.07, 6.45) is 0. The number of carbonyl (C=O) groups excluding carboxylic acids is 1. The lowest BCUT2D eigenvalue weighted by molar-refractivity contribution is 0.0944. The number of Topliss-reactive ketones (excluding diaryl/α,β-unsaturated/α-hetero) is 1. The number of hydrogen-bond acceptors (Lipinski definition) is 2. The van der Waals surface area contributed by atoms with Crippen LogP contribution in [0, 0.1) is 13.8 Å². The van der Waals surface area contributed by atoms with Gasteiger partial charge in [0.25, 0.3) is 0 Å². The molecule has 0 saturated heterocycles. The van der Waals surface area contributed by atoms with Crippen molar-refractivity contribution in [1.82, 2.24) is 5.32 Å². The van der Waals surface area contributed by atoms with E-state index in [-0.39, 0.29) is 11.8 Å². The molecule has 20 heavy (non-hydrogen) atoms. The molecule has 104 valence electrons. The fourth-order valence-corrected chi connectivity index (χ4v) is 2.21. The van der Waals surface area contributed by atoms with E-state index < -0.39 is 0 Å². The minimum Gasteiger partial charge on any atom is -0.304 e. The summed E-state index contributed by atoms with van der Waals surface area (Å²) in [5.74, 6) is 0.121. The highest BCUT2D eigenvalue weighted by Gasteiger charge is 2.20. The summed E-state index contributed by atoms with van der Waals surface area (Å²) >= 11 is 0. The molecule has 0 aliphatic rings. The van der Waals surface area contributed by atoms with Crippen molar-refractivity contribution < 1.29 is 4.79 Å². The number of ketones is 1. The van der Waals surface area contributed by atoms with Crippen LogP contribution >= 0.6 is 0 Å². The van der Waals surface area contributed by atoms with Crippen LogP contribution in [0.2, 0.25) is 0 Å². The summed E-state index contributed by atoms with van der Waals surface area (Å²) in [5.41, 5.74) is 4.13. The normalized spacial score (nSPS) is 12.2. The fraction of sp³-hybridized carbons (Fsp3) is 0.278. The van der Waals surface area contributed by atoms with Gasteiger partial charge in [-0.15, -0.1) is 0 Å². The Morgan fingerprint density at radius 3 is 1.95 bits per heavy atom. The summed E-state index contributed by atoms with van der Waals surface area (Å²) in [6, 6.07) is 15.6. The number of rotatable bonds is 5. The quantitative estimate of drug-likeness (QED) is 0.834. The Morgan fingerprint density at radius 2 is 1.45 bits per heavy atom. The Balaban J connectivity index is 2.30. The Bertz CT molecular complexity index is 569. The number of likely N-dealkylation sites (N-methyl/N-ethyl adjacent to an activating group) is 1. The van der Waals surface area contributed by atoms with E-state index >= 15 is 0 Å². The van der Waals surface area contributed by atoms with Gasteiger partial charge in [-0.3, -0.25) is 4.79 Å². The van der Waals surface area contributed by atoms with Gasteiger partial charge in [-0.05, 0) is 26.0 Å². The lowest BCUT2D eigenvalue weighted by Gasteiger charge is -2.17. The molecule has 0 radical (unpaired) electrons. The summed E-state index contributed by atoms with van der Waals surface area (Å²) in [6.45, 7) is 6.85. The number of aryl methyl sites for hydroxylation is 2. The maximum Gasteiger partial charge on any atom is 0.184 e. The molecule has 0 amide bonds. The molecule has 0 saturated carbocycles. The Kier molecular flexibility index (Phi) is 4.70. The van der Waals surface area contributed by atoms with E-state index in [1.54, 1.807) is 0 Å². The Hall–Kier alpha value is -1.93. The van der Waals surface area contributed by atoms with Gasteiger partial charge in [-0.1, -0.05) is 66.6 Å². The first kappa shape index (κ1) is 14.5. The van der Waals surface area contributed by atoms with Crippen LogP contribution < -0.4 is 5.32 Å². The predicted octanol–water partition coefficient (Wildman–Crippen LogP) is 3.84. The molecule has 2 aromatic rings. The molecule has 0 aromatic heterocycles. The lowest BCUT2D eigenvalue weighted by Crippen LogP contribution is -2.28. The van der Waals surface area contributed by atoms with Gasteiger partial charge in [0, 0.05) is 5.56 Å². The van der Waals surface area contributed by atoms with Gasteiger partial charge in [0.1, 0.15) is 0 Å². The van der Waals surface area contributed by atoms with Gasteiger partial charge in [0.05, 0.1) is 6.04 Å². The number of carbonyl (C=O) groups is 1. The van der Waals surface area contributed by atoms with Gasteiger partial charge in [0.15, 0.2) is 5.78 Å². The SMILES string of the molecule is CCNC(C(=O)c1ccc(C)cc1)c1ccc(C)cc1. The van der Waals surface area contributed by atoms with Crippen LogP contribution in [0.25, 0.3) is 0 Å². The molecule has 0 aliphatic heterocycles. The third kappa shape index (κ3) is 3.34. The zero-order chi connectivity index (χ0) is 14.5. The van der Waals surface area contributed by atoms with E-state index in [0.29, 0.717) is 0 Å². The maximum absolute atomic E-state index is 12.7. The van der Waals surface area contributed by atoms with Gasteiger partial charge in [-0.2, -0.15) is 0 Å². The number of nitrogens with one attached hydrogen (secondary N) is 1. The van der Waals surface area contributed by atoms with Crippen LogP contribution in [0.1, 0.15) is 40.0 Å². The molecule has 0 bridgehead atoms. The molecule has 2 nitrogen and oxygen atoms in total. The molecule has 0 fully saturated rings. The zero-order valence-electron chi connectivity index (χ0n) is 12.3. The van der Waals surface area contributed by atoms with E-state index in [9.17, 15) is 4.79 Å². The maximum atomic E-state index is 12.7. The third-order valence-electron chi connectivity index (χ3n) is 3.42. The van der Waals surface area contributed by atoms with Gasteiger partial charge in [0.2, 0.25) is 0 Å². The minimum atomic E-state index is -0.275. The molecular formula is C18H21NO. The van der Waals surface area contributed by atoms with Crippen LogP contribution in [0.3, 0.4) is 0 Å². The first-order chi connectivity index (χ1) is 9.61. The Morgan fingerprint density at radius 1 is 0.950 bits per heavy atom. The third-order valence-corrected chi connectivity index (χ3v) is 3.42. The first-order valence-electron chi connectivity index (χ1n) is 7.02. The molecule has 1 atom stereocenters. The van der Waals surface area contributed by atoms with Crippen molar-refractivity contribution in [2.45, 2.75) is 26.8 Å². The van der Waals surface area contributed by atoms with E-state index in [1.165, 1.54) is 5.56 Å². The van der Waals surface area contributed by atoms with Crippen LogP contribution in [-0.2, 0) is 0 Å². The van der Waals surface area contributed by atoms with E-state index in [4.69, 9.17) is 0 Å². The monoisotopic (exact) mass is 267 g/mol. The van der Waals surface area contributed by atoms with Crippen molar-refractivity contribution in [1.29, 1.82) is 0 Å². The zero-order valence-corrected chi connectivity index (χ0v) is 12.3. The topological polar surface area (TPSA) is 29.1 Å². The smallest absolute Gasteiger partial charge is 0.184 e. The van der Waals surface area contributed by atoms with Gasteiger partial charge >= 0.3 is 0 Å². The van der Waals surface area contributed by atoms with Crippen molar-refractivity contribution in [3.8, 4) is 0 Å². The second kappa shape index (κ2) is 6.49. The summed E-state index contributed by atoms with van der Waals surface area (Å²) in [5, 5.41) is 3.28. The molecular weight excluding hydrogens is 246 g/mol. The van der Waals surface area contributed by atoms with E-state index in [0.717, 1.165) is 23.2 Å². The van der Waals surface area contributed by atoms with Gasteiger partial charge < -0.3 is 5.32 Å². The van der Waals surface area contributed by atoms with Crippen LogP contribution in [0.15, 0.2) is 48.5 Å². The average molecular weight is 267 g/mol. The van der Waals surface area contributed by atoms with Crippen molar-refractivity contribution >= 4 is 5.78 Å². The van der Waals surface area contributed by atoms with Crippen LogP contribution in [-0.4, -0.2) is 12.3 Å². The van der Waals surface area contributed by atoms with Crippen molar-refractivity contribution in [3.05, 3.63) is 70.8 Å². The van der Waals surface area contributed by atoms with Crippen molar-refractivity contribution in [2.75, 3.05) is 6.54 Å². The van der Waals surface area contributed by atoms with Crippen molar-refractivity contribution in [2.24, 2.45) is 0 Å². The standard InChI is InChI=1S/C18H21NO/c1-4-19-17(15-9-5-13(2)6-10-15)18(20)16-11-7-14(3)8-12-16/h5-12,17,19H,4H2,1-3H3. The molecule has 2 heteroatoms. The molecule has 1 unspecified atom stereocenters. The highest BCUT2D eigenvalue weighted by Crippen LogP contribution is 2.19. The Labute approximate surface area is 120 Å². The van der Waals surface area contributed by atoms with E-state index in [1.807, 2.05) is 69.3 Å². The summed E-state index contributed by atoms with van der Waals surface area (Å²) < 4.78 is 0. The minimum absolute atomic E-state index is 0.121. The summed E-state index contributed by atoms with van der Waals surface area (Å²) in [7, 11) is 0. The van der Waals surface area contributed by atoms with Crippen LogP contribution in [0.5, 0.6) is 0 Å². The van der Waals surface area contributed by atoms with E-state index in [2.05, 4.69) is 5.32 Å². The lowest BCUT2D eigenvalue weighted by atomic mass is 9.96. The molecule has 2 rings (SSSR count). The highest BCUT2D eigenvalue weighted by atomic mass is 16.1. The molecule has 0 heterocycles. The number of hydrogen-bond donors (Lipinski definition) is 1. The second-order valence-electron chi connectivity index (χ2n) is 5.13. The predicted molar refractivity (Wildman–Crippen MR) is 83.1 cm³/mol. The molecule has 2 aromatic carbocycles. The summed E-state index contributed by atoms with van der Waals surface area (Å²) in [4.78, 5) is 12.7. The molecule has 0 aliphatic carbocycles. The van der Waals surface area contributed by atoms with Gasteiger partial charge in [-0.25, -0.2) is 0 Å². The van der Waals surface area contributed by atoms with Crippen molar-refractivity contribution in [3.63, 3.8) is 0 Å². The molecule has 0 spiro atoms.